The maximum absolute atomic E-state index is 13.1. The number of carbonyl (C=O) groups is 2. The number of hydrogen-bond donors (Lipinski definition) is 0. The first-order valence-corrected chi connectivity index (χ1v) is 15.2. The molecule has 1 amide bonds. The molecule has 42 heavy (non-hydrogen) atoms. The Morgan fingerprint density at radius 1 is 1.02 bits per heavy atom. The normalized spacial score (nSPS) is 14.8. The van der Waals surface area contributed by atoms with Crippen LogP contribution in [0.25, 0.3) is 0 Å². The van der Waals surface area contributed by atoms with Crippen LogP contribution in [0.3, 0.4) is 0 Å². The van der Waals surface area contributed by atoms with Crippen molar-refractivity contribution in [2.75, 3.05) is 52.4 Å². The fraction of sp³-hybridized carbons (Fsp3) is 0.438. The second-order valence-electron chi connectivity index (χ2n) is 10.3. The summed E-state index contributed by atoms with van der Waals surface area (Å²) in [6.07, 6.45) is 2.39. The van der Waals surface area contributed by atoms with E-state index in [4.69, 9.17) is 19.2 Å². The van der Waals surface area contributed by atoms with Gasteiger partial charge in [-0.2, -0.15) is 0 Å². The van der Waals surface area contributed by atoms with Gasteiger partial charge in [0, 0.05) is 49.8 Å². The van der Waals surface area contributed by atoms with Crippen molar-refractivity contribution >= 4 is 29.5 Å². The third kappa shape index (κ3) is 8.15. The van der Waals surface area contributed by atoms with E-state index in [0.29, 0.717) is 36.2 Å². The van der Waals surface area contributed by atoms with Gasteiger partial charge < -0.3 is 24.0 Å². The van der Waals surface area contributed by atoms with Crippen LogP contribution in [0.2, 0.25) is 0 Å². The SMILES string of the molecule is CCOC(=O)C1CCCN(C(=O)c2ccc(CSc3nc(C)cc(N(C)CCc4ccc(OC)c(OC)c4)n3)cc2)C1. The molecule has 9 nitrogen and oxygen atoms in total. The number of carbonyl (C=O) groups excluding carboxylic acids is 2. The van der Waals surface area contributed by atoms with Crippen molar-refractivity contribution in [2.24, 2.45) is 5.92 Å². The number of benzene rings is 2. The van der Waals surface area contributed by atoms with Crippen molar-refractivity contribution in [3.05, 3.63) is 70.9 Å². The molecule has 0 saturated carbocycles. The number of aromatic nitrogens is 2. The van der Waals surface area contributed by atoms with Gasteiger partial charge in [-0.25, -0.2) is 9.97 Å². The van der Waals surface area contributed by atoms with Crippen molar-refractivity contribution in [1.29, 1.82) is 0 Å². The average Bonchev–Trinajstić information content (AvgIpc) is 3.02. The summed E-state index contributed by atoms with van der Waals surface area (Å²) in [7, 11) is 5.31. The van der Waals surface area contributed by atoms with Crippen molar-refractivity contribution in [2.45, 2.75) is 44.0 Å². The number of likely N-dealkylation sites (N-methyl/N-ethyl adjacent to an activating group) is 1. The van der Waals surface area contributed by atoms with Crippen LogP contribution in [-0.4, -0.2) is 74.3 Å². The number of thioether (sulfide) groups is 1. The molecular weight excluding hydrogens is 552 g/mol. The lowest BCUT2D eigenvalue weighted by Crippen LogP contribution is -2.42. The number of anilines is 1. The summed E-state index contributed by atoms with van der Waals surface area (Å²) in [4.78, 5) is 38.6. The number of rotatable bonds is 12. The Morgan fingerprint density at radius 3 is 2.48 bits per heavy atom. The molecule has 4 rings (SSSR count). The van der Waals surface area contributed by atoms with Crippen LogP contribution < -0.4 is 14.4 Å². The van der Waals surface area contributed by atoms with E-state index >= 15 is 0 Å². The molecule has 10 heteroatoms. The maximum Gasteiger partial charge on any atom is 0.310 e. The van der Waals surface area contributed by atoms with Crippen molar-refractivity contribution < 1.29 is 23.8 Å². The van der Waals surface area contributed by atoms with Gasteiger partial charge in [0.15, 0.2) is 16.7 Å². The number of esters is 1. The smallest absolute Gasteiger partial charge is 0.310 e. The molecule has 1 aromatic heterocycles. The quantitative estimate of drug-likeness (QED) is 0.160. The first kappa shape index (κ1) is 31.2. The van der Waals surface area contributed by atoms with Gasteiger partial charge in [0.05, 0.1) is 26.7 Å². The summed E-state index contributed by atoms with van der Waals surface area (Å²) in [6.45, 7) is 5.98. The summed E-state index contributed by atoms with van der Waals surface area (Å²) < 4.78 is 15.9. The number of likely N-dealkylation sites (tertiary alicyclic amines) is 1. The number of piperidine rings is 1. The van der Waals surface area contributed by atoms with Crippen molar-refractivity contribution in [3.63, 3.8) is 0 Å². The fourth-order valence-electron chi connectivity index (χ4n) is 4.92. The van der Waals surface area contributed by atoms with Gasteiger partial charge in [-0.15, -0.1) is 0 Å². The molecule has 1 atom stereocenters. The summed E-state index contributed by atoms with van der Waals surface area (Å²) in [5, 5.41) is 0.710. The second-order valence-corrected chi connectivity index (χ2v) is 11.3. The predicted octanol–water partition coefficient (Wildman–Crippen LogP) is 5.19. The zero-order valence-corrected chi connectivity index (χ0v) is 25.9. The van der Waals surface area contributed by atoms with Crippen LogP contribution in [0.4, 0.5) is 5.82 Å². The van der Waals surface area contributed by atoms with Crippen molar-refractivity contribution in [1.82, 2.24) is 14.9 Å². The van der Waals surface area contributed by atoms with E-state index in [2.05, 4.69) is 9.88 Å². The van der Waals surface area contributed by atoms with Crippen LogP contribution in [0.15, 0.2) is 53.7 Å². The molecule has 1 fully saturated rings. The van der Waals surface area contributed by atoms with Gasteiger partial charge in [-0.05, 0) is 68.5 Å². The molecule has 0 bridgehead atoms. The van der Waals surface area contributed by atoms with E-state index in [-0.39, 0.29) is 17.8 Å². The molecule has 1 unspecified atom stereocenters. The highest BCUT2D eigenvalue weighted by Crippen LogP contribution is 2.28. The highest BCUT2D eigenvalue weighted by atomic mass is 32.2. The fourth-order valence-corrected chi connectivity index (χ4v) is 5.78. The number of amides is 1. The minimum absolute atomic E-state index is 0.0500. The first-order valence-electron chi connectivity index (χ1n) is 14.3. The lowest BCUT2D eigenvalue weighted by atomic mass is 9.97. The minimum Gasteiger partial charge on any atom is -0.493 e. The van der Waals surface area contributed by atoms with Gasteiger partial charge in [-0.3, -0.25) is 9.59 Å². The van der Waals surface area contributed by atoms with E-state index in [1.54, 1.807) is 37.8 Å². The Morgan fingerprint density at radius 2 is 1.76 bits per heavy atom. The Kier molecular flexibility index (Phi) is 11.1. The highest BCUT2D eigenvalue weighted by molar-refractivity contribution is 7.98. The molecule has 0 aliphatic carbocycles. The van der Waals surface area contributed by atoms with E-state index in [0.717, 1.165) is 59.9 Å². The summed E-state index contributed by atoms with van der Waals surface area (Å²) in [5.74, 6) is 2.48. The molecule has 1 aliphatic heterocycles. The van der Waals surface area contributed by atoms with Crippen LogP contribution in [0, 0.1) is 12.8 Å². The Bertz CT molecular complexity index is 1370. The lowest BCUT2D eigenvalue weighted by molar-refractivity contribution is -0.149. The Hall–Kier alpha value is -3.79. The number of ether oxygens (including phenoxy) is 3. The minimum atomic E-state index is -0.248. The number of aryl methyl sites for hydroxylation is 1. The molecule has 3 aromatic rings. The van der Waals surface area contributed by atoms with Crippen LogP contribution >= 0.6 is 11.8 Å². The third-order valence-corrected chi connectivity index (χ3v) is 8.21. The molecule has 2 heterocycles. The molecule has 1 aliphatic rings. The zero-order valence-electron chi connectivity index (χ0n) is 25.1. The van der Waals surface area contributed by atoms with Gasteiger partial charge >= 0.3 is 5.97 Å². The highest BCUT2D eigenvalue weighted by Gasteiger charge is 2.29. The van der Waals surface area contributed by atoms with Gasteiger partial charge in [0.1, 0.15) is 5.82 Å². The van der Waals surface area contributed by atoms with E-state index in [1.165, 1.54) is 0 Å². The lowest BCUT2D eigenvalue weighted by Gasteiger charge is -2.31. The van der Waals surface area contributed by atoms with E-state index in [9.17, 15) is 9.59 Å². The van der Waals surface area contributed by atoms with Crippen LogP contribution in [0.1, 0.15) is 46.9 Å². The monoisotopic (exact) mass is 592 g/mol. The predicted molar refractivity (Wildman–Crippen MR) is 165 cm³/mol. The number of methoxy groups -OCH3 is 2. The van der Waals surface area contributed by atoms with Gasteiger partial charge in [0.2, 0.25) is 0 Å². The van der Waals surface area contributed by atoms with Crippen molar-refractivity contribution in [3.8, 4) is 11.5 Å². The molecule has 0 radical (unpaired) electrons. The third-order valence-electron chi connectivity index (χ3n) is 7.29. The molecule has 224 valence electrons. The summed E-state index contributed by atoms with van der Waals surface area (Å²) >= 11 is 1.57. The van der Waals surface area contributed by atoms with Crippen LogP contribution in [-0.2, 0) is 21.7 Å². The van der Waals surface area contributed by atoms with E-state index in [1.807, 2.05) is 62.5 Å². The summed E-state index contributed by atoms with van der Waals surface area (Å²) in [5.41, 5.74) is 3.76. The zero-order chi connectivity index (χ0) is 30.1. The molecule has 0 N–H and O–H groups in total. The number of hydrogen-bond acceptors (Lipinski definition) is 9. The summed E-state index contributed by atoms with van der Waals surface area (Å²) in [6, 6.07) is 15.6. The standard InChI is InChI=1S/C32H40N4O5S/c1-6-41-31(38)26-8-7-16-36(20-26)30(37)25-12-9-24(10-13-25)21-42-32-33-22(2)18-29(34-32)35(3)17-15-23-11-14-27(39-4)28(19-23)40-5/h9-14,18-19,26H,6-8,15-17,20-21H2,1-5H3. The van der Waals surface area contributed by atoms with Crippen LogP contribution in [0.5, 0.6) is 11.5 Å². The largest absolute Gasteiger partial charge is 0.493 e. The van der Waals surface area contributed by atoms with Gasteiger partial charge in [0.25, 0.3) is 5.91 Å². The maximum atomic E-state index is 13.1. The molecule has 1 saturated heterocycles. The molecule has 2 aromatic carbocycles. The molecule has 0 spiro atoms. The average molecular weight is 593 g/mol. The topological polar surface area (TPSA) is 94.1 Å². The first-order chi connectivity index (χ1) is 20.3. The number of nitrogens with zero attached hydrogens (tertiary/aromatic N) is 4. The van der Waals surface area contributed by atoms with E-state index < -0.39 is 0 Å². The van der Waals surface area contributed by atoms with Gasteiger partial charge in [-0.1, -0.05) is 30.0 Å². The molecular formula is C32H40N4O5S. The Labute approximate surface area is 252 Å². The second kappa shape index (κ2) is 14.9. The Balaban J connectivity index is 1.32.